The summed E-state index contributed by atoms with van der Waals surface area (Å²) in [7, 11) is 1.90. The van der Waals surface area contributed by atoms with Gasteiger partial charge in [0.2, 0.25) is 5.91 Å². The number of aromatic nitrogens is 2. The maximum atomic E-state index is 13.2. The predicted octanol–water partition coefficient (Wildman–Crippen LogP) is 3.42. The van der Waals surface area contributed by atoms with Gasteiger partial charge in [-0.15, -0.1) is 0 Å². The molecule has 156 valence electrons. The number of amides is 2. The molecule has 1 unspecified atom stereocenters. The number of aryl methyl sites for hydroxylation is 1. The highest BCUT2D eigenvalue weighted by Gasteiger charge is 2.38. The third-order valence-electron chi connectivity index (χ3n) is 6.11. The maximum absolute atomic E-state index is 13.2. The highest BCUT2D eigenvalue weighted by molar-refractivity contribution is 5.94. The van der Waals surface area contributed by atoms with Crippen LogP contribution >= 0.6 is 0 Å². The summed E-state index contributed by atoms with van der Waals surface area (Å²) in [5, 5.41) is 7.34. The lowest BCUT2D eigenvalue weighted by atomic mass is 9.75. The standard InChI is InChI=1S/C22H36N4O2/c1-21(2,3)14-22(4,5)20(28)25(6)15-9-8-12-26(13-15)19(27)18-16-10-7-11-17(16)23-24-18/h15H,7-14H2,1-6H3,(H,23,24). The first kappa shape index (κ1) is 20.9. The van der Waals surface area contributed by atoms with Gasteiger partial charge in [0.1, 0.15) is 0 Å². The summed E-state index contributed by atoms with van der Waals surface area (Å²) in [6, 6.07) is 0.0661. The van der Waals surface area contributed by atoms with E-state index in [1.807, 2.05) is 30.7 Å². The van der Waals surface area contributed by atoms with Gasteiger partial charge in [0.15, 0.2) is 5.69 Å². The summed E-state index contributed by atoms with van der Waals surface area (Å²) in [6.45, 7) is 11.9. The fourth-order valence-electron chi connectivity index (χ4n) is 5.15. The average molecular weight is 389 g/mol. The lowest BCUT2D eigenvalue weighted by molar-refractivity contribution is -0.143. The molecule has 1 aromatic heterocycles. The molecule has 3 rings (SSSR count). The van der Waals surface area contributed by atoms with Crippen LogP contribution in [0.1, 0.15) is 82.0 Å². The van der Waals surface area contributed by atoms with Crippen LogP contribution in [0, 0.1) is 10.8 Å². The second-order valence-corrected chi connectivity index (χ2v) is 10.5. The molecule has 2 aliphatic rings. The van der Waals surface area contributed by atoms with Gasteiger partial charge >= 0.3 is 0 Å². The number of likely N-dealkylation sites (tertiary alicyclic amines) is 1. The van der Waals surface area contributed by atoms with Crippen LogP contribution in [0.5, 0.6) is 0 Å². The monoisotopic (exact) mass is 388 g/mol. The molecule has 1 fully saturated rings. The lowest BCUT2D eigenvalue weighted by Crippen LogP contribution is -2.53. The molecule has 0 spiro atoms. The molecule has 6 heteroatoms. The molecule has 0 saturated carbocycles. The van der Waals surface area contributed by atoms with Crippen LogP contribution in [0.3, 0.4) is 0 Å². The van der Waals surface area contributed by atoms with Crippen LogP contribution < -0.4 is 0 Å². The normalized spacial score (nSPS) is 20.2. The first-order valence-electron chi connectivity index (χ1n) is 10.6. The molecule has 1 aliphatic carbocycles. The summed E-state index contributed by atoms with van der Waals surface area (Å²) in [5.41, 5.74) is 2.49. The molecule has 0 aromatic carbocycles. The Morgan fingerprint density at radius 3 is 2.57 bits per heavy atom. The van der Waals surface area contributed by atoms with E-state index in [1.54, 1.807) is 0 Å². The van der Waals surface area contributed by atoms with Crippen molar-refractivity contribution in [2.45, 2.75) is 79.2 Å². The van der Waals surface area contributed by atoms with Crippen molar-refractivity contribution in [3.8, 4) is 0 Å². The van der Waals surface area contributed by atoms with Gasteiger partial charge in [-0.3, -0.25) is 14.7 Å². The second kappa shape index (κ2) is 7.53. The van der Waals surface area contributed by atoms with E-state index in [2.05, 4.69) is 31.0 Å². The average Bonchev–Trinajstić information content (AvgIpc) is 3.21. The van der Waals surface area contributed by atoms with Crippen LogP contribution in [0.2, 0.25) is 0 Å². The Morgan fingerprint density at radius 1 is 1.18 bits per heavy atom. The van der Waals surface area contributed by atoms with Crippen LogP contribution in [-0.2, 0) is 17.6 Å². The second-order valence-electron chi connectivity index (χ2n) is 10.5. The zero-order valence-corrected chi connectivity index (χ0v) is 18.4. The fraction of sp³-hybridized carbons (Fsp3) is 0.773. The summed E-state index contributed by atoms with van der Waals surface area (Å²) in [5.74, 6) is 0.182. The lowest BCUT2D eigenvalue weighted by Gasteiger charge is -2.41. The number of carbonyl (C=O) groups excluding carboxylic acids is 2. The number of nitrogens with zero attached hydrogens (tertiary/aromatic N) is 3. The topological polar surface area (TPSA) is 69.3 Å². The summed E-state index contributed by atoms with van der Waals surface area (Å²) < 4.78 is 0. The van der Waals surface area contributed by atoms with Crippen molar-refractivity contribution in [1.82, 2.24) is 20.0 Å². The van der Waals surface area contributed by atoms with Crippen molar-refractivity contribution in [3.05, 3.63) is 17.0 Å². The molecule has 1 aliphatic heterocycles. The molecule has 1 N–H and O–H groups in total. The SMILES string of the molecule is CN(C(=O)C(C)(C)CC(C)(C)C)C1CCCN(C(=O)c2n[nH]c3c2CCC3)C1. The molecular weight excluding hydrogens is 352 g/mol. The van der Waals surface area contributed by atoms with Crippen molar-refractivity contribution in [1.29, 1.82) is 0 Å². The summed E-state index contributed by atoms with van der Waals surface area (Å²) in [4.78, 5) is 30.1. The minimum Gasteiger partial charge on any atom is -0.341 e. The van der Waals surface area contributed by atoms with Gasteiger partial charge in [-0.2, -0.15) is 5.10 Å². The van der Waals surface area contributed by atoms with Crippen LogP contribution in [-0.4, -0.2) is 58.0 Å². The van der Waals surface area contributed by atoms with Gasteiger partial charge in [0, 0.05) is 42.9 Å². The van der Waals surface area contributed by atoms with Crippen molar-refractivity contribution in [2.75, 3.05) is 20.1 Å². The number of fused-ring (bicyclic) bond motifs is 1. The maximum Gasteiger partial charge on any atom is 0.274 e. The Hall–Kier alpha value is -1.85. The van der Waals surface area contributed by atoms with Gasteiger partial charge < -0.3 is 9.80 Å². The number of likely N-dealkylation sites (N-methyl/N-ethyl adjacent to an activating group) is 1. The number of rotatable bonds is 4. The number of carbonyl (C=O) groups is 2. The molecule has 6 nitrogen and oxygen atoms in total. The first-order valence-corrected chi connectivity index (χ1v) is 10.6. The van der Waals surface area contributed by atoms with Gasteiger partial charge in [-0.1, -0.05) is 34.6 Å². The minimum absolute atomic E-state index is 0.0129. The van der Waals surface area contributed by atoms with E-state index >= 15 is 0 Å². The fourth-order valence-corrected chi connectivity index (χ4v) is 5.15. The molecule has 2 amide bonds. The number of nitrogens with one attached hydrogen (secondary N) is 1. The van der Waals surface area contributed by atoms with E-state index < -0.39 is 5.41 Å². The Labute approximate surface area is 169 Å². The minimum atomic E-state index is -0.414. The Kier molecular flexibility index (Phi) is 5.61. The van der Waals surface area contributed by atoms with Gasteiger partial charge in [0.25, 0.3) is 5.91 Å². The third kappa shape index (κ3) is 4.26. The molecular formula is C22H36N4O2. The first-order chi connectivity index (χ1) is 13.0. The van der Waals surface area contributed by atoms with Crippen LogP contribution in [0.15, 0.2) is 0 Å². The summed E-state index contributed by atoms with van der Waals surface area (Å²) in [6.07, 6.45) is 5.70. The van der Waals surface area contributed by atoms with E-state index in [-0.39, 0.29) is 23.3 Å². The van der Waals surface area contributed by atoms with Crippen molar-refractivity contribution >= 4 is 11.8 Å². The van der Waals surface area contributed by atoms with E-state index in [9.17, 15) is 9.59 Å². The van der Waals surface area contributed by atoms with Gasteiger partial charge in [-0.05, 0) is 43.9 Å². The largest absolute Gasteiger partial charge is 0.341 e. The Balaban J connectivity index is 1.68. The van der Waals surface area contributed by atoms with Crippen molar-refractivity contribution in [2.24, 2.45) is 10.8 Å². The highest BCUT2D eigenvalue weighted by Crippen LogP contribution is 2.35. The zero-order chi connectivity index (χ0) is 20.7. The molecule has 1 aromatic rings. The zero-order valence-electron chi connectivity index (χ0n) is 18.4. The van der Waals surface area contributed by atoms with Crippen molar-refractivity contribution in [3.63, 3.8) is 0 Å². The van der Waals surface area contributed by atoms with Crippen LogP contribution in [0.25, 0.3) is 0 Å². The van der Waals surface area contributed by atoms with Gasteiger partial charge in [-0.25, -0.2) is 0 Å². The quantitative estimate of drug-likeness (QED) is 0.859. The smallest absolute Gasteiger partial charge is 0.274 e. The molecule has 2 heterocycles. The molecule has 28 heavy (non-hydrogen) atoms. The highest BCUT2D eigenvalue weighted by atomic mass is 16.2. The van der Waals surface area contributed by atoms with Crippen molar-refractivity contribution < 1.29 is 9.59 Å². The van der Waals surface area contributed by atoms with Crippen LogP contribution in [0.4, 0.5) is 0 Å². The number of hydrogen-bond donors (Lipinski definition) is 1. The molecule has 0 bridgehead atoms. The number of hydrogen-bond acceptors (Lipinski definition) is 3. The Morgan fingerprint density at radius 2 is 1.89 bits per heavy atom. The number of H-pyrrole nitrogens is 1. The summed E-state index contributed by atoms with van der Waals surface area (Å²) >= 11 is 0. The molecule has 0 radical (unpaired) electrons. The molecule has 1 atom stereocenters. The Bertz CT molecular complexity index is 744. The number of piperidine rings is 1. The van der Waals surface area contributed by atoms with Gasteiger partial charge in [0.05, 0.1) is 0 Å². The number of aromatic amines is 1. The van der Waals surface area contributed by atoms with E-state index in [4.69, 9.17) is 0 Å². The van der Waals surface area contributed by atoms with E-state index in [1.165, 1.54) is 0 Å². The predicted molar refractivity (Wildman–Crippen MR) is 110 cm³/mol. The van der Waals surface area contributed by atoms with E-state index in [0.29, 0.717) is 12.2 Å². The molecule has 1 saturated heterocycles. The third-order valence-corrected chi connectivity index (χ3v) is 6.11. The van der Waals surface area contributed by atoms with E-state index in [0.717, 1.165) is 56.3 Å².